The molecule has 0 fully saturated rings. The van der Waals surface area contributed by atoms with Gasteiger partial charge in [-0.2, -0.15) is 0 Å². The van der Waals surface area contributed by atoms with Gasteiger partial charge >= 0.3 is 0 Å². The van der Waals surface area contributed by atoms with E-state index in [1.165, 1.54) is 0 Å². The average molecular weight is 443 g/mol. The molecule has 2 aromatic heterocycles. The summed E-state index contributed by atoms with van der Waals surface area (Å²) < 4.78 is 16.6. The van der Waals surface area contributed by atoms with Crippen LogP contribution in [0, 0.1) is 0 Å². The first kappa shape index (κ1) is 20.3. The van der Waals surface area contributed by atoms with Crippen molar-refractivity contribution >= 4 is 33.6 Å². The van der Waals surface area contributed by atoms with Gasteiger partial charge in [-0.05, 0) is 42.0 Å². The molecule has 2 heterocycles. The molecule has 5 nitrogen and oxygen atoms in total. The highest BCUT2D eigenvalue weighted by molar-refractivity contribution is 7.99. The number of fused-ring (bicyclic) bond motifs is 2. The van der Waals surface area contributed by atoms with Gasteiger partial charge in [0.25, 0.3) is 0 Å². The highest BCUT2D eigenvalue weighted by Gasteiger charge is 2.18. The number of pyridine rings is 1. The Bertz CT molecular complexity index is 1400. The second kappa shape index (κ2) is 8.48. The van der Waals surface area contributed by atoms with E-state index in [1.54, 1.807) is 33.1 Å². The summed E-state index contributed by atoms with van der Waals surface area (Å²) in [7, 11) is 4.87. The molecule has 1 N–H and O–H groups in total. The predicted molar refractivity (Wildman–Crippen MR) is 129 cm³/mol. The summed E-state index contributed by atoms with van der Waals surface area (Å²) in [5, 5.41) is 2.26. The van der Waals surface area contributed by atoms with Crippen molar-refractivity contribution in [2.75, 3.05) is 21.3 Å². The number of nitrogens with one attached hydrogen (secondary N) is 1. The summed E-state index contributed by atoms with van der Waals surface area (Å²) >= 11 is 1.67. The normalized spacial score (nSPS) is 11.1. The van der Waals surface area contributed by atoms with Gasteiger partial charge in [-0.15, -0.1) is 0 Å². The van der Waals surface area contributed by atoms with Crippen LogP contribution in [0.3, 0.4) is 0 Å². The van der Waals surface area contributed by atoms with Crippen molar-refractivity contribution in [1.82, 2.24) is 9.97 Å². The third-order valence-corrected chi connectivity index (χ3v) is 6.51. The van der Waals surface area contributed by atoms with E-state index in [2.05, 4.69) is 52.4 Å². The number of aromatic nitrogens is 2. The van der Waals surface area contributed by atoms with Crippen molar-refractivity contribution in [2.45, 2.75) is 9.79 Å². The zero-order valence-electron chi connectivity index (χ0n) is 18.0. The number of para-hydroxylation sites is 1. The maximum atomic E-state index is 5.56. The monoisotopic (exact) mass is 442 g/mol. The van der Waals surface area contributed by atoms with Crippen molar-refractivity contribution in [3.05, 3.63) is 72.9 Å². The van der Waals surface area contributed by atoms with Gasteiger partial charge in [0.1, 0.15) is 0 Å². The SMILES string of the molecule is COc1cc(Sc2c(-c3ccc4ncccc4c3)[nH]c3ccccc23)cc(OC)c1OC. The second-order valence-corrected chi connectivity index (χ2v) is 8.33. The second-order valence-electron chi connectivity index (χ2n) is 7.25. The first-order valence-corrected chi connectivity index (χ1v) is 11.0. The predicted octanol–water partition coefficient (Wildman–Crippen LogP) is 6.56. The van der Waals surface area contributed by atoms with Crippen LogP contribution in [-0.2, 0) is 0 Å². The molecule has 0 atom stereocenters. The summed E-state index contributed by atoms with van der Waals surface area (Å²) in [5.41, 5.74) is 4.24. The molecule has 0 amide bonds. The van der Waals surface area contributed by atoms with E-state index in [0.717, 1.165) is 42.9 Å². The summed E-state index contributed by atoms with van der Waals surface area (Å²) in [6.45, 7) is 0. The van der Waals surface area contributed by atoms with E-state index < -0.39 is 0 Å². The number of rotatable bonds is 6. The zero-order valence-corrected chi connectivity index (χ0v) is 18.8. The minimum Gasteiger partial charge on any atom is -0.493 e. The summed E-state index contributed by atoms with van der Waals surface area (Å²) in [4.78, 5) is 10.2. The lowest BCUT2D eigenvalue weighted by Gasteiger charge is -2.14. The summed E-state index contributed by atoms with van der Waals surface area (Å²) in [6, 6.07) is 22.7. The van der Waals surface area contributed by atoms with Gasteiger partial charge in [-0.3, -0.25) is 4.98 Å². The maximum absolute atomic E-state index is 5.56. The van der Waals surface area contributed by atoms with E-state index in [4.69, 9.17) is 14.2 Å². The largest absolute Gasteiger partial charge is 0.493 e. The molecule has 0 saturated heterocycles. The Morgan fingerprint density at radius 1 is 0.812 bits per heavy atom. The highest BCUT2D eigenvalue weighted by Crippen LogP contribution is 2.46. The molecule has 3 aromatic carbocycles. The van der Waals surface area contributed by atoms with Gasteiger partial charge in [-0.1, -0.05) is 42.1 Å². The van der Waals surface area contributed by atoms with Gasteiger partial charge in [0.15, 0.2) is 11.5 Å². The molecule has 160 valence electrons. The fourth-order valence-corrected chi connectivity index (χ4v) is 5.02. The Hall–Kier alpha value is -3.64. The fourth-order valence-electron chi connectivity index (χ4n) is 3.89. The number of H-pyrrole nitrogens is 1. The number of methoxy groups -OCH3 is 3. The Balaban J connectivity index is 1.67. The van der Waals surface area contributed by atoms with Crippen LogP contribution in [-0.4, -0.2) is 31.3 Å². The quantitative estimate of drug-likeness (QED) is 0.323. The van der Waals surface area contributed by atoms with E-state index >= 15 is 0 Å². The van der Waals surface area contributed by atoms with Gasteiger partial charge in [0.2, 0.25) is 5.75 Å². The zero-order chi connectivity index (χ0) is 22.1. The Morgan fingerprint density at radius 3 is 2.34 bits per heavy atom. The van der Waals surface area contributed by atoms with Crippen LogP contribution >= 0.6 is 11.8 Å². The van der Waals surface area contributed by atoms with Crippen molar-refractivity contribution in [1.29, 1.82) is 0 Å². The van der Waals surface area contributed by atoms with Gasteiger partial charge in [-0.25, -0.2) is 0 Å². The van der Waals surface area contributed by atoms with E-state index in [1.807, 2.05) is 30.5 Å². The Labute approximate surface area is 190 Å². The standard InChI is InChI=1S/C26H22N2O3S/c1-29-22-14-18(15-23(30-2)25(22)31-3)32-26-19-8-4-5-9-21(19)28-24(26)17-10-11-20-16(13-17)7-6-12-27-20/h4-15,28H,1-3H3. The van der Waals surface area contributed by atoms with Crippen LogP contribution < -0.4 is 14.2 Å². The first-order chi connectivity index (χ1) is 15.7. The molecule has 0 spiro atoms. The number of nitrogens with zero attached hydrogens (tertiary/aromatic N) is 1. The Morgan fingerprint density at radius 2 is 1.59 bits per heavy atom. The molecule has 0 bridgehead atoms. The van der Waals surface area contributed by atoms with E-state index in [0.29, 0.717) is 17.2 Å². The molecule has 0 aliphatic rings. The molecule has 0 aliphatic heterocycles. The summed E-state index contributed by atoms with van der Waals surface area (Å²) in [6.07, 6.45) is 1.82. The Kier molecular flexibility index (Phi) is 5.37. The van der Waals surface area contributed by atoms with Crippen LogP contribution in [0.25, 0.3) is 33.1 Å². The topological polar surface area (TPSA) is 56.4 Å². The molecule has 0 saturated carbocycles. The molecule has 32 heavy (non-hydrogen) atoms. The lowest BCUT2D eigenvalue weighted by molar-refractivity contribution is 0.323. The van der Waals surface area contributed by atoms with Crippen LogP contribution in [0.4, 0.5) is 0 Å². The molecular formula is C26H22N2O3S. The lowest BCUT2D eigenvalue weighted by atomic mass is 10.1. The number of ether oxygens (including phenoxy) is 3. The van der Waals surface area contributed by atoms with Gasteiger partial charge in [0.05, 0.1) is 32.5 Å². The average Bonchev–Trinajstić information content (AvgIpc) is 3.21. The molecule has 0 aliphatic carbocycles. The van der Waals surface area contributed by atoms with Crippen LogP contribution in [0.1, 0.15) is 0 Å². The van der Waals surface area contributed by atoms with Gasteiger partial charge in [0, 0.05) is 32.3 Å². The third kappa shape index (κ3) is 3.52. The molecule has 6 heteroatoms. The van der Waals surface area contributed by atoms with Crippen molar-refractivity contribution in [2.24, 2.45) is 0 Å². The molecule has 0 radical (unpaired) electrons. The molecule has 0 unspecified atom stereocenters. The number of hydrogen-bond acceptors (Lipinski definition) is 5. The van der Waals surface area contributed by atoms with Crippen molar-refractivity contribution in [3.63, 3.8) is 0 Å². The fraction of sp³-hybridized carbons (Fsp3) is 0.115. The van der Waals surface area contributed by atoms with Crippen LogP contribution in [0.15, 0.2) is 82.7 Å². The van der Waals surface area contributed by atoms with Crippen molar-refractivity contribution in [3.8, 4) is 28.5 Å². The van der Waals surface area contributed by atoms with Crippen LogP contribution in [0.5, 0.6) is 17.2 Å². The number of aromatic amines is 1. The third-order valence-electron chi connectivity index (χ3n) is 5.41. The van der Waals surface area contributed by atoms with Gasteiger partial charge < -0.3 is 19.2 Å². The minimum absolute atomic E-state index is 0.584. The number of benzene rings is 3. The van der Waals surface area contributed by atoms with Crippen molar-refractivity contribution < 1.29 is 14.2 Å². The van der Waals surface area contributed by atoms with Crippen LogP contribution in [0.2, 0.25) is 0 Å². The lowest BCUT2D eigenvalue weighted by Crippen LogP contribution is -1.95. The molecule has 5 aromatic rings. The smallest absolute Gasteiger partial charge is 0.203 e. The van der Waals surface area contributed by atoms with E-state index in [9.17, 15) is 0 Å². The molecular weight excluding hydrogens is 420 g/mol. The first-order valence-electron chi connectivity index (χ1n) is 10.2. The van der Waals surface area contributed by atoms with E-state index in [-0.39, 0.29) is 0 Å². The minimum atomic E-state index is 0.584. The molecule has 5 rings (SSSR count). The number of hydrogen-bond donors (Lipinski definition) is 1. The summed E-state index contributed by atoms with van der Waals surface area (Å²) in [5.74, 6) is 1.85. The maximum Gasteiger partial charge on any atom is 0.203 e. The highest BCUT2D eigenvalue weighted by atomic mass is 32.2.